The monoisotopic (exact) mass is 535 g/mol. The van der Waals surface area contributed by atoms with E-state index in [1.54, 1.807) is 13.8 Å². The zero-order valence-corrected chi connectivity index (χ0v) is 21.1. The molecule has 1 aromatic heterocycles. The van der Waals surface area contributed by atoms with Crippen molar-refractivity contribution < 1.29 is 37.3 Å². The number of esters is 1. The molecule has 38 heavy (non-hydrogen) atoms. The highest BCUT2D eigenvalue weighted by atomic mass is 19.4. The summed E-state index contributed by atoms with van der Waals surface area (Å²) in [6.45, 7) is 5.30. The Hall–Kier alpha value is -4.09. The van der Waals surface area contributed by atoms with Crippen LogP contribution in [-0.2, 0) is 28.8 Å². The highest BCUT2D eigenvalue weighted by Crippen LogP contribution is 2.29. The molecule has 2 atom stereocenters. The quantitative estimate of drug-likeness (QED) is 0.355. The number of hydrogen-bond donors (Lipinski definition) is 1. The van der Waals surface area contributed by atoms with Crippen molar-refractivity contribution in [1.29, 1.82) is 0 Å². The molecule has 0 bridgehead atoms. The molecule has 0 radical (unpaired) electrons. The molecule has 3 rings (SSSR count). The van der Waals surface area contributed by atoms with Gasteiger partial charge in [0.1, 0.15) is 11.9 Å². The molecule has 0 amide bonds. The average Bonchev–Trinajstić information content (AvgIpc) is 3.14. The van der Waals surface area contributed by atoms with E-state index >= 15 is 0 Å². The van der Waals surface area contributed by atoms with Crippen LogP contribution in [0.3, 0.4) is 0 Å². The topological polar surface area (TPSA) is 113 Å². The summed E-state index contributed by atoms with van der Waals surface area (Å²) in [5.74, 6) is -1.06. The van der Waals surface area contributed by atoms with Gasteiger partial charge in [-0.1, -0.05) is 19.1 Å². The summed E-state index contributed by atoms with van der Waals surface area (Å²) in [6, 6.07) is 10.4. The van der Waals surface area contributed by atoms with E-state index in [-0.39, 0.29) is 24.4 Å². The minimum atomic E-state index is -4.46. The van der Waals surface area contributed by atoms with Crippen LogP contribution in [0.25, 0.3) is 0 Å². The van der Waals surface area contributed by atoms with Crippen molar-refractivity contribution in [3.05, 3.63) is 81.5 Å². The van der Waals surface area contributed by atoms with Crippen LogP contribution in [0.4, 0.5) is 13.2 Å². The molecule has 3 aromatic rings. The SMILES string of the molecule is CCCn1c(C(C)OC(=O)c2ccc(OC(C)CC(=O)O)cc2)nn(Cc2ccc(C(F)(F)F)cc2)c1=O. The van der Waals surface area contributed by atoms with Gasteiger partial charge in [0.05, 0.1) is 24.1 Å². The molecule has 2 unspecified atom stereocenters. The average molecular weight is 536 g/mol. The lowest BCUT2D eigenvalue weighted by Gasteiger charge is -2.15. The van der Waals surface area contributed by atoms with E-state index in [4.69, 9.17) is 14.6 Å². The van der Waals surface area contributed by atoms with Crippen LogP contribution >= 0.6 is 0 Å². The number of benzene rings is 2. The lowest BCUT2D eigenvalue weighted by Crippen LogP contribution is -2.26. The number of aliphatic carboxylic acids is 1. The zero-order chi connectivity index (χ0) is 28.0. The van der Waals surface area contributed by atoms with Gasteiger partial charge in [-0.3, -0.25) is 9.36 Å². The van der Waals surface area contributed by atoms with Crippen LogP contribution < -0.4 is 10.4 Å². The van der Waals surface area contributed by atoms with Crippen molar-refractivity contribution in [3.8, 4) is 5.75 Å². The van der Waals surface area contributed by atoms with Gasteiger partial charge in [-0.25, -0.2) is 14.3 Å². The lowest BCUT2D eigenvalue weighted by molar-refractivity contribution is -0.139. The smallest absolute Gasteiger partial charge is 0.416 e. The van der Waals surface area contributed by atoms with Gasteiger partial charge in [0.2, 0.25) is 0 Å². The Morgan fingerprint density at radius 1 is 1.05 bits per heavy atom. The number of aromatic nitrogens is 3. The molecule has 0 aliphatic heterocycles. The second-order valence-corrected chi connectivity index (χ2v) is 8.74. The number of carbonyl (C=O) groups excluding carboxylic acids is 1. The third-order valence-corrected chi connectivity index (χ3v) is 5.55. The van der Waals surface area contributed by atoms with E-state index in [2.05, 4.69) is 5.10 Å². The summed E-state index contributed by atoms with van der Waals surface area (Å²) in [5, 5.41) is 13.1. The van der Waals surface area contributed by atoms with Gasteiger partial charge >= 0.3 is 23.8 Å². The van der Waals surface area contributed by atoms with Gasteiger partial charge < -0.3 is 14.6 Å². The summed E-state index contributed by atoms with van der Waals surface area (Å²) >= 11 is 0. The van der Waals surface area contributed by atoms with Crippen molar-refractivity contribution in [2.75, 3.05) is 0 Å². The molecule has 0 fully saturated rings. The van der Waals surface area contributed by atoms with Crippen molar-refractivity contribution >= 4 is 11.9 Å². The molecule has 0 aliphatic carbocycles. The summed E-state index contributed by atoms with van der Waals surface area (Å²) in [6.07, 6.45) is -5.50. The van der Waals surface area contributed by atoms with Crippen molar-refractivity contribution in [3.63, 3.8) is 0 Å². The number of alkyl halides is 3. The van der Waals surface area contributed by atoms with Gasteiger partial charge in [0, 0.05) is 6.54 Å². The minimum absolute atomic E-state index is 0.0525. The second kappa shape index (κ2) is 12.0. The van der Waals surface area contributed by atoms with E-state index in [0.29, 0.717) is 24.3 Å². The van der Waals surface area contributed by atoms with Crippen LogP contribution in [0.5, 0.6) is 5.75 Å². The first-order valence-electron chi connectivity index (χ1n) is 11.9. The fourth-order valence-electron chi connectivity index (χ4n) is 3.74. The van der Waals surface area contributed by atoms with E-state index in [1.807, 2.05) is 6.92 Å². The normalized spacial score (nSPS) is 13.1. The molecule has 1 heterocycles. The Labute approximate surface area is 216 Å². The molecule has 0 aliphatic rings. The molecular weight excluding hydrogens is 507 g/mol. The Balaban J connectivity index is 1.74. The molecule has 0 saturated heterocycles. The maximum atomic E-state index is 13.0. The maximum absolute atomic E-state index is 13.0. The largest absolute Gasteiger partial charge is 0.490 e. The molecular formula is C26H28F3N3O6. The Morgan fingerprint density at radius 2 is 1.68 bits per heavy atom. The number of carboxylic acids is 1. The van der Waals surface area contributed by atoms with Crippen LogP contribution in [0, 0.1) is 0 Å². The first kappa shape index (κ1) is 28.5. The number of carbonyl (C=O) groups is 2. The van der Waals surface area contributed by atoms with Gasteiger partial charge in [-0.05, 0) is 62.2 Å². The standard InChI is InChI=1S/C26H28F3N3O6/c1-4-13-31-23(30-32(25(31)36)15-18-5-9-20(10-6-18)26(27,28)29)17(3)38-24(35)19-7-11-21(12-8-19)37-16(2)14-22(33)34/h5-12,16-17H,4,13-15H2,1-3H3,(H,33,34). The fourth-order valence-corrected chi connectivity index (χ4v) is 3.74. The minimum Gasteiger partial charge on any atom is -0.490 e. The Kier molecular flexibility index (Phi) is 8.97. The third-order valence-electron chi connectivity index (χ3n) is 5.55. The molecule has 9 nitrogen and oxygen atoms in total. The predicted octanol–water partition coefficient (Wildman–Crippen LogP) is 4.68. The van der Waals surface area contributed by atoms with Crippen LogP contribution in [0.2, 0.25) is 0 Å². The van der Waals surface area contributed by atoms with Gasteiger partial charge in [0.15, 0.2) is 11.9 Å². The molecule has 12 heteroatoms. The van der Waals surface area contributed by atoms with Crippen LogP contribution in [0.1, 0.15) is 67.0 Å². The third kappa shape index (κ3) is 7.24. The second-order valence-electron chi connectivity index (χ2n) is 8.74. The highest BCUT2D eigenvalue weighted by molar-refractivity contribution is 5.89. The van der Waals surface area contributed by atoms with Gasteiger partial charge in [0.25, 0.3) is 0 Å². The van der Waals surface area contributed by atoms with Crippen molar-refractivity contribution in [2.45, 2.75) is 65.1 Å². The Bertz CT molecular complexity index is 1310. The molecule has 2 aromatic carbocycles. The van der Waals surface area contributed by atoms with Crippen LogP contribution in [0.15, 0.2) is 53.3 Å². The molecule has 0 saturated carbocycles. The van der Waals surface area contributed by atoms with Crippen LogP contribution in [-0.4, -0.2) is 37.5 Å². The molecule has 1 N–H and O–H groups in total. The highest BCUT2D eigenvalue weighted by Gasteiger charge is 2.30. The summed E-state index contributed by atoms with van der Waals surface area (Å²) in [4.78, 5) is 36.5. The summed E-state index contributed by atoms with van der Waals surface area (Å²) < 4.78 is 52.1. The number of halogens is 3. The lowest BCUT2D eigenvalue weighted by atomic mass is 10.1. The van der Waals surface area contributed by atoms with Crippen molar-refractivity contribution in [2.24, 2.45) is 0 Å². The number of nitrogens with zero attached hydrogens (tertiary/aromatic N) is 3. The first-order chi connectivity index (χ1) is 17.9. The van der Waals surface area contributed by atoms with Gasteiger partial charge in [-0.2, -0.15) is 18.3 Å². The summed E-state index contributed by atoms with van der Waals surface area (Å²) in [5.41, 5.74) is -0.594. The summed E-state index contributed by atoms with van der Waals surface area (Å²) in [7, 11) is 0. The number of ether oxygens (including phenoxy) is 2. The maximum Gasteiger partial charge on any atom is 0.416 e. The van der Waals surface area contributed by atoms with E-state index < -0.39 is 41.6 Å². The first-order valence-corrected chi connectivity index (χ1v) is 11.9. The predicted molar refractivity (Wildman–Crippen MR) is 130 cm³/mol. The number of rotatable bonds is 11. The number of carboxylic acid groups (broad SMARTS) is 1. The van der Waals surface area contributed by atoms with E-state index in [0.717, 1.165) is 16.8 Å². The van der Waals surface area contributed by atoms with Gasteiger partial charge in [-0.15, -0.1) is 0 Å². The molecule has 0 spiro atoms. The van der Waals surface area contributed by atoms with E-state index in [1.165, 1.54) is 41.0 Å². The number of hydrogen-bond acceptors (Lipinski definition) is 6. The Morgan fingerprint density at radius 3 is 2.24 bits per heavy atom. The molecule has 204 valence electrons. The van der Waals surface area contributed by atoms with Crippen molar-refractivity contribution in [1.82, 2.24) is 14.3 Å². The van der Waals surface area contributed by atoms with E-state index in [9.17, 15) is 27.6 Å². The zero-order valence-electron chi connectivity index (χ0n) is 21.1. The fraction of sp³-hybridized carbons (Fsp3) is 0.385.